The normalized spacial score (nSPS) is 9.73. The SMILES string of the molecule is O=C(CS)OCCCCCOC(=O)CS. The Morgan fingerprint density at radius 3 is 1.53 bits per heavy atom. The van der Waals surface area contributed by atoms with Crippen molar-refractivity contribution in [3.8, 4) is 0 Å². The molecule has 15 heavy (non-hydrogen) atoms. The van der Waals surface area contributed by atoms with E-state index in [1.165, 1.54) is 0 Å². The summed E-state index contributed by atoms with van der Waals surface area (Å²) in [5, 5.41) is 0. The maximum Gasteiger partial charge on any atom is 0.315 e. The van der Waals surface area contributed by atoms with Crippen molar-refractivity contribution in [1.82, 2.24) is 0 Å². The first kappa shape index (κ1) is 14.6. The van der Waals surface area contributed by atoms with Gasteiger partial charge >= 0.3 is 11.9 Å². The molecule has 0 heterocycles. The Kier molecular flexibility index (Phi) is 9.92. The Morgan fingerprint density at radius 1 is 0.800 bits per heavy atom. The number of thiol groups is 2. The molecule has 0 amide bonds. The zero-order chi connectivity index (χ0) is 11.5. The third-order valence-corrected chi connectivity index (χ3v) is 2.09. The summed E-state index contributed by atoms with van der Waals surface area (Å²) in [7, 11) is 0. The van der Waals surface area contributed by atoms with E-state index < -0.39 is 0 Å². The Labute approximate surface area is 101 Å². The molecular weight excluding hydrogens is 236 g/mol. The molecule has 0 aromatic heterocycles. The van der Waals surface area contributed by atoms with E-state index in [0.717, 1.165) is 19.3 Å². The lowest BCUT2D eigenvalue weighted by atomic mass is 10.2. The van der Waals surface area contributed by atoms with Gasteiger partial charge in [0.2, 0.25) is 0 Å². The summed E-state index contributed by atoms with van der Waals surface area (Å²) < 4.78 is 9.61. The minimum atomic E-state index is -0.306. The minimum absolute atomic E-state index is 0.111. The summed E-state index contributed by atoms with van der Waals surface area (Å²) in [5.41, 5.74) is 0. The van der Waals surface area contributed by atoms with Crippen molar-refractivity contribution >= 4 is 37.2 Å². The van der Waals surface area contributed by atoms with Crippen molar-refractivity contribution in [3.63, 3.8) is 0 Å². The number of hydrogen-bond donors (Lipinski definition) is 2. The van der Waals surface area contributed by atoms with Crippen molar-refractivity contribution in [1.29, 1.82) is 0 Å². The quantitative estimate of drug-likeness (QED) is 0.386. The van der Waals surface area contributed by atoms with Crippen LogP contribution in [0.4, 0.5) is 0 Å². The van der Waals surface area contributed by atoms with Crippen LogP contribution in [0.3, 0.4) is 0 Å². The number of rotatable bonds is 8. The largest absolute Gasteiger partial charge is 0.465 e. The Bertz CT molecular complexity index is 177. The number of carbonyl (C=O) groups is 2. The van der Waals surface area contributed by atoms with Gasteiger partial charge in [-0.3, -0.25) is 9.59 Å². The molecule has 0 N–H and O–H groups in total. The molecule has 6 heteroatoms. The van der Waals surface area contributed by atoms with Gasteiger partial charge in [-0.05, 0) is 19.3 Å². The summed E-state index contributed by atoms with van der Waals surface area (Å²) >= 11 is 7.54. The molecule has 0 atom stereocenters. The molecule has 0 saturated heterocycles. The molecule has 0 aliphatic rings. The van der Waals surface area contributed by atoms with Gasteiger partial charge in [0, 0.05) is 0 Å². The summed E-state index contributed by atoms with van der Waals surface area (Å²) in [5.74, 6) is -0.390. The predicted octanol–water partition coefficient (Wildman–Crippen LogP) is 1.10. The minimum Gasteiger partial charge on any atom is -0.465 e. The molecule has 0 aliphatic carbocycles. The van der Waals surface area contributed by atoms with Crippen molar-refractivity contribution in [2.45, 2.75) is 19.3 Å². The maximum absolute atomic E-state index is 10.7. The highest BCUT2D eigenvalue weighted by molar-refractivity contribution is 7.81. The first-order valence-electron chi connectivity index (χ1n) is 4.73. The third-order valence-electron chi connectivity index (χ3n) is 1.57. The van der Waals surface area contributed by atoms with Crippen LogP contribution < -0.4 is 0 Å². The van der Waals surface area contributed by atoms with Crippen LogP contribution in [-0.2, 0) is 19.1 Å². The second kappa shape index (κ2) is 10.2. The van der Waals surface area contributed by atoms with Crippen LogP contribution in [-0.4, -0.2) is 36.7 Å². The van der Waals surface area contributed by atoms with E-state index in [1.54, 1.807) is 0 Å². The number of carbonyl (C=O) groups excluding carboxylic acids is 2. The van der Waals surface area contributed by atoms with Gasteiger partial charge in [0.1, 0.15) is 0 Å². The van der Waals surface area contributed by atoms with Gasteiger partial charge in [0.25, 0.3) is 0 Å². The number of hydrogen-bond acceptors (Lipinski definition) is 6. The second-order valence-corrected chi connectivity index (χ2v) is 3.45. The zero-order valence-corrected chi connectivity index (χ0v) is 10.3. The van der Waals surface area contributed by atoms with Crippen molar-refractivity contribution in [2.24, 2.45) is 0 Å². The lowest BCUT2D eigenvalue weighted by Gasteiger charge is -2.04. The molecule has 0 aromatic carbocycles. The van der Waals surface area contributed by atoms with E-state index in [2.05, 4.69) is 25.3 Å². The highest BCUT2D eigenvalue weighted by Gasteiger charge is 1.99. The van der Waals surface area contributed by atoms with Crippen molar-refractivity contribution in [2.75, 3.05) is 24.7 Å². The fraction of sp³-hybridized carbons (Fsp3) is 0.778. The molecule has 0 rings (SSSR count). The van der Waals surface area contributed by atoms with Gasteiger partial charge in [-0.1, -0.05) is 0 Å². The zero-order valence-electron chi connectivity index (χ0n) is 8.48. The topological polar surface area (TPSA) is 52.6 Å². The Balaban J connectivity index is 3.11. The van der Waals surface area contributed by atoms with Gasteiger partial charge in [0.15, 0.2) is 0 Å². The van der Waals surface area contributed by atoms with Gasteiger partial charge in [-0.25, -0.2) is 0 Å². The van der Waals surface area contributed by atoms with Crippen LogP contribution in [0.5, 0.6) is 0 Å². The predicted molar refractivity (Wildman–Crippen MR) is 63.5 cm³/mol. The molecule has 0 bridgehead atoms. The molecule has 0 spiro atoms. The van der Waals surface area contributed by atoms with E-state index in [0.29, 0.717) is 13.2 Å². The standard InChI is InChI=1S/C9H16O4S2/c10-8(6-14)12-4-2-1-3-5-13-9(11)7-15/h14-15H,1-7H2. The van der Waals surface area contributed by atoms with Crippen LogP contribution in [0.1, 0.15) is 19.3 Å². The fourth-order valence-electron chi connectivity index (χ4n) is 0.844. The molecule has 88 valence electrons. The fourth-order valence-corrected chi connectivity index (χ4v) is 1.03. The lowest BCUT2D eigenvalue weighted by molar-refractivity contribution is -0.140. The number of unbranched alkanes of at least 4 members (excludes halogenated alkanes) is 2. The maximum atomic E-state index is 10.7. The summed E-state index contributed by atoms with van der Waals surface area (Å²) in [6, 6.07) is 0. The molecule has 0 unspecified atom stereocenters. The van der Waals surface area contributed by atoms with E-state index in [4.69, 9.17) is 9.47 Å². The number of ether oxygens (including phenoxy) is 2. The summed E-state index contributed by atoms with van der Waals surface area (Å²) in [6.07, 6.45) is 2.41. The van der Waals surface area contributed by atoms with Crippen molar-refractivity contribution < 1.29 is 19.1 Å². The van der Waals surface area contributed by atoms with Crippen LogP contribution in [0.25, 0.3) is 0 Å². The third kappa shape index (κ3) is 9.93. The van der Waals surface area contributed by atoms with Crippen LogP contribution in [0.15, 0.2) is 0 Å². The Morgan fingerprint density at radius 2 is 1.20 bits per heavy atom. The average Bonchev–Trinajstić information content (AvgIpc) is 2.26. The lowest BCUT2D eigenvalue weighted by Crippen LogP contribution is -2.08. The monoisotopic (exact) mass is 252 g/mol. The molecule has 0 aromatic rings. The van der Waals surface area contributed by atoms with Gasteiger partial charge < -0.3 is 9.47 Å². The molecule has 0 aliphatic heterocycles. The van der Waals surface area contributed by atoms with Crippen LogP contribution in [0.2, 0.25) is 0 Å². The van der Waals surface area contributed by atoms with Gasteiger partial charge in [0.05, 0.1) is 24.7 Å². The van der Waals surface area contributed by atoms with Crippen LogP contribution in [0, 0.1) is 0 Å². The van der Waals surface area contributed by atoms with Crippen molar-refractivity contribution in [3.05, 3.63) is 0 Å². The van der Waals surface area contributed by atoms with Gasteiger partial charge in [-0.2, -0.15) is 25.3 Å². The second-order valence-electron chi connectivity index (χ2n) is 2.82. The summed E-state index contributed by atoms with van der Waals surface area (Å²) in [6.45, 7) is 0.805. The highest BCUT2D eigenvalue weighted by Crippen LogP contribution is 1.97. The molecular formula is C9H16O4S2. The van der Waals surface area contributed by atoms with E-state index >= 15 is 0 Å². The van der Waals surface area contributed by atoms with E-state index in [1.807, 2.05) is 0 Å². The van der Waals surface area contributed by atoms with Crippen LogP contribution >= 0.6 is 25.3 Å². The average molecular weight is 252 g/mol. The molecule has 4 nitrogen and oxygen atoms in total. The van der Waals surface area contributed by atoms with E-state index in [9.17, 15) is 9.59 Å². The van der Waals surface area contributed by atoms with Gasteiger partial charge in [-0.15, -0.1) is 0 Å². The molecule has 0 radical (unpaired) electrons. The number of esters is 2. The Hall–Kier alpha value is -0.360. The highest BCUT2D eigenvalue weighted by atomic mass is 32.1. The first-order valence-corrected chi connectivity index (χ1v) is 6.00. The first-order chi connectivity index (χ1) is 7.20. The van der Waals surface area contributed by atoms with E-state index in [-0.39, 0.29) is 23.4 Å². The summed E-state index contributed by atoms with van der Waals surface area (Å²) in [4.78, 5) is 21.3. The molecule has 0 saturated carbocycles. The smallest absolute Gasteiger partial charge is 0.315 e. The molecule has 0 fully saturated rings.